The Morgan fingerprint density at radius 3 is 1.45 bits per heavy atom. The molecule has 0 fully saturated rings. The zero-order chi connectivity index (χ0) is 45.1. The summed E-state index contributed by atoms with van der Waals surface area (Å²) in [7, 11) is -3.80. The molecule has 15 heteroatoms. The zero-order valence-electron chi connectivity index (χ0n) is 36.7. The quantitative estimate of drug-likeness (QED) is 0.0278. The lowest BCUT2D eigenvalue weighted by atomic mass is 9.72. The van der Waals surface area contributed by atoms with Gasteiger partial charge in [-0.3, -0.25) is 5.50 Å². The van der Waals surface area contributed by atoms with E-state index < -0.39 is 22.3 Å². The van der Waals surface area contributed by atoms with E-state index in [4.69, 9.17) is 53.9 Å². The Morgan fingerprint density at radius 2 is 1.00 bits per heavy atom. The van der Waals surface area contributed by atoms with Gasteiger partial charge in [0.15, 0.2) is 23.0 Å². The van der Waals surface area contributed by atoms with Crippen LogP contribution in [0, 0.1) is 0 Å². The highest BCUT2D eigenvalue weighted by molar-refractivity contribution is 7.56. The van der Waals surface area contributed by atoms with Gasteiger partial charge in [-0.1, -0.05) is 122 Å². The fourth-order valence-corrected chi connectivity index (χ4v) is 8.87. The van der Waals surface area contributed by atoms with E-state index in [9.17, 15) is 0 Å². The van der Waals surface area contributed by atoms with Gasteiger partial charge in [0.2, 0.25) is 0 Å². The maximum absolute atomic E-state index is 7.01. The number of benzene rings is 6. The molecule has 2 atom stereocenters. The van der Waals surface area contributed by atoms with Crippen LogP contribution < -0.4 is 68.6 Å². The Kier molecular flexibility index (Phi) is 13.4. The second kappa shape index (κ2) is 18.2. The number of nitrogens with one attached hydrogen (secondary N) is 1. The first kappa shape index (κ1) is 45.6. The van der Waals surface area contributed by atoms with Gasteiger partial charge in [0.25, 0.3) is 8.45 Å². The van der Waals surface area contributed by atoms with Crippen LogP contribution in [0.25, 0.3) is 0 Å². The van der Waals surface area contributed by atoms with Gasteiger partial charge in [0.05, 0.1) is 34.1 Å². The molecule has 1 aliphatic rings. The number of nitrogens with two attached hydrogens (primary N) is 7. The van der Waals surface area contributed by atoms with E-state index in [0.717, 1.165) is 27.9 Å². The minimum Gasteiger partial charge on any atom is -0.449 e. The number of para-hydroxylation sites is 7. The first-order valence-electron chi connectivity index (χ1n) is 20.1. The molecule has 326 valence electrons. The van der Waals surface area contributed by atoms with Crippen LogP contribution in [0.4, 0.5) is 39.8 Å². The Morgan fingerprint density at radius 1 is 0.565 bits per heavy atom. The van der Waals surface area contributed by atoms with E-state index in [2.05, 4.69) is 72.6 Å². The lowest BCUT2D eigenvalue weighted by molar-refractivity contribution is 0.383. The Labute approximate surface area is 368 Å². The van der Waals surface area contributed by atoms with Crippen molar-refractivity contribution in [2.24, 2.45) is 17.2 Å². The van der Waals surface area contributed by atoms with Crippen LogP contribution in [-0.2, 0) is 16.2 Å². The monoisotopic (exact) mass is 874 g/mol. The van der Waals surface area contributed by atoms with Crippen molar-refractivity contribution in [1.29, 1.82) is 0 Å². The molecule has 0 spiro atoms. The largest absolute Gasteiger partial charge is 0.449 e. The van der Waals surface area contributed by atoms with Gasteiger partial charge in [-0.2, -0.15) is 0 Å². The number of ether oxygens (including phenoxy) is 1. The van der Waals surface area contributed by atoms with Gasteiger partial charge < -0.3 is 41.8 Å². The molecule has 0 saturated heterocycles. The Bertz CT molecular complexity index is 2510. The van der Waals surface area contributed by atoms with Crippen LogP contribution in [0.15, 0.2) is 127 Å². The minimum atomic E-state index is -1.92. The van der Waals surface area contributed by atoms with Gasteiger partial charge in [0.1, 0.15) is 0 Å². The van der Waals surface area contributed by atoms with E-state index in [1.807, 2.05) is 97.1 Å². The summed E-state index contributed by atoms with van der Waals surface area (Å²) in [6, 6.07) is 39.9. The number of nitrogen functional groups attached to an aromatic ring is 4. The van der Waals surface area contributed by atoms with E-state index in [1.165, 1.54) is 9.56 Å². The normalized spacial score (nSPS) is 13.8. The van der Waals surface area contributed by atoms with Crippen LogP contribution in [0.1, 0.15) is 77.6 Å². The SMILES string of the molecule is CC(C)(C)c1cc(OP(N)N(N)c2ccccc2N)c2c(c1)C(C)(C)c1cc(C(C)(C)C)cc(OP(Nc3ccccc3N)N(N)c3ccccc3N)c1O2.Nc1ccccc1. The van der Waals surface area contributed by atoms with Gasteiger partial charge in [0, 0.05) is 22.2 Å². The highest BCUT2D eigenvalue weighted by Crippen LogP contribution is 2.59. The second-order valence-corrected chi connectivity index (χ2v) is 20.2. The van der Waals surface area contributed by atoms with E-state index >= 15 is 0 Å². The average Bonchev–Trinajstić information content (AvgIpc) is 3.21. The van der Waals surface area contributed by atoms with Crippen LogP contribution >= 0.6 is 16.9 Å². The summed E-state index contributed by atoms with van der Waals surface area (Å²) in [5.74, 6) is 15.4. The van der Waals surface area contributed by atoms with Gasteiger partial charge in [-0.25, -0.2) is 21.2 Å². The third-order valence-electron chi connectivity index (χ3n) is 10.5. The van der Waals surface area contributed by atoms with Gasteiger partial charge >= 0.3 is 8.45 Å². The fourth-order valence-electron chi connectivity index (χ4n) is 6.70. The van der Waals surface area contributed by atoms with Crippen LogP contribution in [-0.4, -0.2) is 0 Å². The summed E-state index contributed by atoms with van der Waals surface area (Å²) >= 11 is 0. The van der Waals surface area contributed by atoms with Crippen molar-refractivity contribution < 1.29 is 13.8 Å². The molecule has 2 unspecified atom stereocenters. The van der Waals surface area contributed by atoms with Crippen molar-refractivity contribution in [3.05, 3.63) is 150 Å². The van der Waals surface area contributed by atoms with Crippen LogP contribution in [0.2, 0.25) is 0 Å². The lowest BCUT2D eigenvalue weighted by Crippen LogP contribution is -2.32. The van der Waals surface area contributed by atoms with E-state index in [0.29, 0.717) is 57.1 Å². The Balaban J connectivity index is 0.000000833. The molecule has 0 saturated carbocycles. The second-order valence-electron chi connectivity index (χ2n) is 17.6. The number of hydrogen-bond donors (Lipinski definition) is 8. The van der Waals surface area contributed by atoms with Crippen molar-refractivity contribution in [1.82, 2.24) is 0 Å². The van der Waals surface area contributed by atoms with Gasteiger partial charge in [-0.05, 0) is 82.6 Å². The molecule has 15 N–H and O–H groups in total. The summed E-state index contributed by atoms with van der Waals surface area (Å²) in [4.78, 5) is 0. The van der Waals surface area contributed by atoms with Crippen LogP contribution in [0.3, 0.4) is 0 Å². The number of hydrazine groups is 2. The molecule has 1 heterocycles. The van der Waals surface area contributed by atoms with Crippen molar-refractivity contribution in [2.75, 3.05) is 37.6 Å². The third kappa shape index (κ3) is 10.1. The molecule has 6 aromatic rings. The maximum atomic E-state index is 7.01. The standard InChI is InChI=1S/C41H53N9O3P2.C6H7N/c1-39(2,3)25-21-27-37(35(23-25)52-54(47)49(45)33-19-13-10-16-30(33)43)51-38-28(41(27,7)8)22-26(40(4,5)6)24-36(38)53-55(48-32-18-12-9-15-29(32)42)50(46)34-20-14-11-17-31(34)44;7-6-4-2-1-3-5-6/h9-24,48H,42-47H2,1-8H3;1-5H,7H2. The molecule has 1 aliphatic heterocycles. The fraction of sp³-hybridized carbons (Fsp3) is 0.234. The number of rotatable bonds is 10. The third-order valence-corrected chi connectivity index (χ3v) is 13.0. The Hall–Kier alpha value is -5.94. The maximum Gasteiger partial charge on any atom is 0.322 e. The van der Waals surface area contributed by atoms with Crippen molar-refractivity contribution in [3.63, 3.8) is 0 Å². The topological polar surface area (TPSA) is 228 Å². The first-order chi connectivity index (χ1) is 29.2. The van der Waals surface area contributed by atoms with E-state index in [1.54, 1.807) is 18.2 Å². The number of nitrogens with zero attached hydrogens (tertiary/aromatic N) is 2. The summed E-state index contributed by atoms with van der Waals surface area (Å²) < 4.78 is 23.5. The molecule has 0 radical (unpaired) electrons. The summed E-state index contributed by atoms with van der Waals surface area (Å²) in [5.41, 5.74) is 38.2. The molecule has 0 aromatic heterocycles. The minimum absolute atomic E-state index is 0.237. The average molecular weight is 875 g/mol. The number of hydrogen-bond acceptors (Lipinski definition) is 13. The number of anilines is 7. The molecule has 13 nitrogen and oxygen atoms in total. The van der Waals surface area contributed by atoms with Crippen molar-refractivity contribution in [2.45, 2.75) is 71.6 Å². The molecule has 0 bridgehead atoms. The van der Waals surface area contributed by atoms with Crippen LogP contribution in [0.5, 0.6) is 23.0 Å². The molecular formula is C47H60N10O3P2. The molecule has 6 aromatic carbocycles. The highest BCUT2D eigenvalue weighted by atomic mass is 31.2. The van der Waals surface area contributed by atoms with E-state index in [-0.39, 0.29) is 10.8 Å². The lowest BCUT2D eigenvalue weighted by Gasteiger charge is -2.39. The summed E-state index contributed by atoms with van der Waals surface area (Å²) in [6.45, 7) is 17.3. The molecule has 62 heavy (non-hydrogen) atoms. The van der Waals surface area contributed by atoms with Crippen molar-refractivity contribution in [3.8, 4) is 23.0 Å². The summed E-state index contributed by atoms with van der Waals surface area (Å²) in [6.07, 6.45) is 0. The predicted octanol–water partition coefficient (Wildman–Crippen LogP) is 10.8. The molecule has 7 rings (SSSR count). The highest BCUT2D eigenvalue weighted by Gasteiger charge is 2.41. The zero-order valence-corrected chi connectivity index (χ0v) is 38.5. The first-order valence-corrected chi connectivity index (χ1v) is 22.6. The molecular weight excluding hydrogens is 815 g/mol. The predicted molar refractivity (Wildman–Crippen MR) is 262 cm³/mol. The molecule has 0 aliphatic carbocycles. The smallest absolute Gasteiger partial charge is 0.322 e. The van der Waals surface area contributed by atoms with Gasteiger partial charge in [-0.15, -0.1) is 0 Å². The number of fused-ring (bicyclic) bond motifs is 2. The summed E-state index contributed by atoms with van der Waals surface area (Å²) in [5, 5.41) is 3.46. The molecule has 0 amide bonds. The van der Waals surface area contributed by atoms with Crippen molar-refractivity contribution >= 4 is 56.7 Å².